The van der Waals surface area contributed by atoms with E-state index in [2.05, 4.69) is 39.6 Å². The lowest BCUT2D eigenvalue weighted by atomic mass is 9.88. The average molecular weight is 325 g/mol. The Labute approximate surface area is 141 Å². The zero-order chi connectivity index (χ0) is 17.1. The molecule has 1 atom stereocenters. The number of hydrogen-bond donors (Lipinski definition) is 2. The quantitative estimate of drug-likeness (QED) is 0.903. The molecule has 1 heterocycles. The van der Waals surface area contributed by atoms with Crippen LogP contribution >= 0.6 is 0 Å². The summed E-state index contributed by atoms with van der Waals surface area (Å²) in [7, 11) is 0. The minimum atomic E-state index is -0.334. The zero-order valence-corrected chi connectivity index (χ0v) is 14.2. The standard InChI is InChI=1S/C19H23N3O2/c1-12-17(13(2)21-19(24)20-12)9-10-18(23)22-16-8-7-14-5-3-4-6-15(14)11-16/h3-6,16H,7-11H2,1-2H3,(H,22,23)(H,20,21,24)/t16-/m1/s1. The van der Waals surface area contributed by atoms with Gasteiger partial charge in [0, 0.05) is 23.9 Å². The first kappa shape index (κ1) is 16.4. The number of amides is 1. The summed E-state index contributed by atoms with van der Waals surface area (Å²) in [6, 6.07) is 8.65. The predicted molar refractivity (Wildman–Crippen MR) is 93.1 cm³/mol. The van der Waals surface area contributed by atoms with Gasteiger partial charge in [0.1, 0.15) is 0 Å². The normalized spacial score (nSPS) is 16.5. The second-order valence-corrected chi connectivity index (χ2v) is 6.51. The van der Waals surface area contributed by atoms with Crippen LogP contribution in [0.2, 0.25) is 0 Å². The minimum Gasteiger partial charge on any atom is -0.353 e. The van der Waals surface area contributed by atoms with Crippen molar-refractivity contribution in [1.29, 1.82) is 0 Å². The molecule has 2 N–H and O–H groups in total. The van der Waals surface area contributed by atoms with Crippen LogP contribution in [0.1, 0.15) is 40.9 Å². The van der Waals surface area contributed by atoms with Gasteiger partial charge in [-0.25, -0.2) is 4.79 Å². The Morgan fingerprint density at radius 1 is 1.29 bits per heavy atom. The summed E-state index contributed by atoms with van der Waals surface area (Å²) in [4.78, 5) is 30.2. The molecule has 1 aliphatic carbocycles. The molecule has 126 valence electrons. The third-order valence-electron chi connectivity index (χ3n) is 4.77. The number of benzene rings is 1. The lowest BCUT2D eigenvalue weighted by molar-refractivity contribution is -0.121. The smallest absolute Gasteiger partial charge is 0.345 e. The second-order valence-electron chi connectivity index (χ2n) is 6.51. The summed E-state index contributed by atoms with van der Waals surface area (Å²) in [5.74, 6) is 0.0596. The number of nitrogens with one attached hydrogen (secondary N) is 2. The number of nitrogens with zero attached hydrogens (tertiary/aromatic N) is 1. The summed E-state index contributed by atoms with van der Waals surface area (Å²) >= 11 is 0. The topological polar surface area (TPSA) is 74.8 Å². The fourth-order valence-corrected chi connectivity index (χ4v) is 3.48. The highest BCUT2D eigenvalue weighted by Crippen LogP contribution is 2.21. The Bertz CT molecular complexity index is 784. The van der Waals surface area contributed by atoms with E-state index in [1.165, 1.54) is 11.1 Å². The van der Waals surface area contributed by atoms with Gasteiger partial charge >= 0.3 is 5.69 Å². The maximum Gasteiger partial charge on any atom is 0.345 e. The lowest BCUT2D eigenvalue weighted by Gasteiger charge is -2.25. The molecule has 0 saturated heterocycles. The van der Waals surface area contributed by atoms with Crippen molar-refractivity contribution in [2.45, 2.75) is 52.0 Å². The summed E-state index contributed by atoms with van der Waals surface area (Å²) in [6.45, 7) is 3.66. The number of aromatic amines is 1. The van der Waals surface area contributed by atoms with Crippen LogP contribution in [0.3, 0.4) is 0 Å². The van der Waals surface area contributed by atoms with E-state index in [1.807, 2.05) is 13.8 Å². The number of carbonyl (C=O) groups is 1. The van der Waals surface area contributed by atoms with Gasteiger partial charge < -0.3 is 10.3 Å². The van der Waals surface area contributed by atoms with E-state index in [1.54, 1.807) is 0 Å². The molecule has 24 heavy (non-hydrogen) atoms. The third-order valence-corrected chi connectivity index (χ3v) is 4.77. The van der Waals surface area contributed by atoms with Crippen molar-refractivity contribution in [3.8, 4) is 0 Å². The van der Waals surface area contributed by atoms with Crippen LogP contribution in [0.5, 0.6) is 0 Å². The molecule has 0 unspecified atom stereocenters. The molecule has 1 aromatic heterocycles. The number of aromatic nitrogens is 2. The molecular formula is C19H23N3O2. The molecule has 0 fully saturated rings. The predicted octanol–water partition coefficient (Wildman–Crippen LogP) is 1.99. The van der Waals surface area contributed by atoms with Crippen molar-refractivity contribution < 1.29 is 4.79 Å². The van der Waals surface area contributed by atoms with Crippen LogP contribution < -0.4 is 11.0 Å². The van der Waals surface area contributed by atoms with E-state index < -0.39 is 0 Å². The van der Waals surface area contributed by atoms with Crippen molar-refractivity contribution in [3.05, 3.63) is 62.8 Å². The number of hydrogen-bond acceptors (Lipinski definition) is 3. The van der Waals surface area contributed by atoms with Crippen LogP contribution in [0.4, 0.5) is 0 Å². The molecule has 1 aliphatic rings. The van der Waals surface area contributed by atoms with Gasteiger partial charge in [-0.2, -0.15) is 4.98 Å². The van der Waals surface area contributed by atoms with Crippen LogP contribution in [0.15, 0.2) is 29.1 Å². The number of fused-ring (bicyclic) bond motifs is 1. The first-order valence-electron chi connectivity index (χ1n) is 8.45. The van der Waals surface area contributed by atoms with Gasteiger partial charge in [-0.1, -0.05) is 24.3 Å². The first-order valence-corrected chi connectivity index (χ1v) is 8.45. The fourth-order valence-electron chi connectivity index (χ4n) is 3.48. The maximum atomic E-state index is 12.3. The molecular weight excluding hydrogens is 302 g/mol. The van der Waals surface area contributed by atoms with E-state index in [4.69, 9.17) is 0 Å². The van der Waals surface area contributed by atoms with Gasteiger partial charge in [0.15, 0.2) is 0 Å². The molecule has 2 aromatic rings. The van der Waals surface area contributed by atoms with Gasteiger partial charge in [-0.05, 0) is 56.2 Å². The summed E-state index contributed by atoms with van der Waals surface area (Å²) < 4.78 is 0. The molecule has 0 aliphatic heterocycles. The highest BCUT2D eigenvalue weighted by molar-refractivity contribution is 5.76. The highest BCUT2D eigenvalue weighted by atomic mass is 16.1. The third kappa shape index (κ3) is 3.72. The van der Waals surface area contributed by atoms with Gasteiger partial charge in [-0.3, -0.25) is 4.79 Å². The number of carbonyl (C=O) groups excluding carboxylic acids is 1. The van der Waals surface area contributed by atoms with Crippen molar-refractivity contribution in [2.75, 3.05) is 0 Å². The Hall–Kier alpha value is -2.43. The van der Waals surface area contributed by atoms with Gasteiger partial charge in [-0.15, -0.1) is 0 Å². The van der Waals surface area contributed by atoms with E-state index >= 15 is 0 Å². The first-order chi connectivity index (χ1) is 11.5. The molecule has 5 nitrogen and oxygen atoms in total. The summed E-state index contributed by atoms with van der Waals surface area (Å²) in [5.41, 5.74) is 4.86. The highest BCUT2D eigenvalue weighted by Gasteiger charge is 2.20. The summed E-state index contributed by atoms with van der Waals surface area (Å²) in [6.07, 6.45) is 3.91. The monoisotopic (exact) mass is 325 g/mol. The molecule has 0 bridgehead atoms. The van der Waals surface area contributed by atoms with Crippen LogP contribution in [-0.4, -0.2) is 21.9 Å². The van der Waals surface area contributed by atoms with E-state index in [9.17, 15) is 9.59 Å². The van der Waals surface area contributed by atoms with Gasteiger partial charge in [0.25, 0.3) is 0 Å². The van der Waals surface area contributed by atoms with Crippen molar-refractivity contribution in [1.82, 2.24) is 15.3 Å². The van der Waals surface area contributed by atoms with Crippen LogP contribution in [0, 0.1) is 13.8 Å². The van der Waals surface area contributed by atoms with Crippen molar-refractivity contribution >= 4 is 5.91 Å². The van der Waals surface area contributed by atoms with Gasteiger partial charge in [0.2, 0.25) is 5.91 Å². The SMILES string of the molecule is Cc1nc(=O)[nH]c(C)c1CCC(=O)N[C@@H]1CCc2ccccc2C1. The molecule has 0 radical (unpaired) electrons. The fraction of sp³-hybridized carbons (Fsp3) is 0.421. The van der Waals surface area contributed by atoms with Crippen LogP contribution in [-0.2, 0) is 24.1 Å². The number of aryl methyl sites for hydroxylation is 3. The Kier molecular flexibility index (Phi) is 4.79. The molecule has 3 rings (SSSR count). The van der Waals surface area contributed by atoms with E-state index in [0.717, 1.165) is 30.5 Å². The molecule has 0 spiro atoms. The number of rotatable bonds is 4. The largest absolute Gasteiger partial charge is 0.353 e. The minimum absolute atomic E-state index is 0.0596. The van der Waals surface area contributed by atoms with Crippen molar-refractivity contribution in [3.63, 3.8) is 0 Å². The van der Waals surface area contributed by atoms with Gasteiger partial charge in [0.05, 0.1) is 0 Å². The maximum absolute atomic E-state index is 12.3. The lowest BCUT2D eigenvalue weighted by Crippen LogP contribution is -2.39. The second kappa shape index (κ2) is 6.99. The zero-order valence-electron chi connectivity index (χ0n) is 14.2. The molecule has 1 amide bonds. The van der Waals surface area contributed by atoms with E-state index in [0.29, 0.717) is 18.5 Å². The Morgan fingerprint density at radius 3 is 2.79 bits per heavy atom. The molecule has 5 heteroatoms. The average Bonchev–Trinajstić information content (AvgIpc) is 2.53. The van der Waals surface area contributed by atoms with Crippen molar-refractivity contribution in [2.24, 2.45) is 0 Å². The molecule has 0 saturated carbocycles. The van der Waals surface area contributed by atoms with Crippen LogP contribution in [0.25, 0.3) is 0 Å². The Morgan fingerprint density at radius 2 is 2.04 bits per heavy atom. The Balaban J connectivity index is 1.57. The summed E-state index contributed by atoms with van der Waals surface area (Å²) in [5, 5.41) is 3.15. The molecule has 1 aromatic carbocycles. The number of H-pyrrole nitrogens is 1. The van der Waals surface area contributed by atoms with E-state index in [-0.39, 0.29) is 17.6 Å².